The monoisotopic (exact) mass is 420 g/mol. The van der Waals surface area contributed by atoms with Crippen molar-refractivity contribution >= 4 is 11.9 Å². The molecule has 1 unspecified atom stereocenters. The van der Waals surface area contributed by atoms with Gasteiger partial charge in [0.25, 0.3) is 0 Å². The molecule has 0 aromatic carbocycles. The molecule has 0 aromatic heterocycles. The van der Waals surface area contributed by atoms with Crippen LogP contribution in [0.3, 0.4) is 0 Å². The number of esters is 2. The number of rotatable bonds is 14. The number of carbonyl (C=O) groups is 2. The molecule has 0 saturated carbocycles. The van der Waals surface area contributed by atoms with Crippen LogP contribution in [0.25, 0.3) is 0 Å². The summed E-state index contributed by atoms with van der Waals surface area (Å²) < 4.78 is 9.62. The lowest BCUT2D eigenvalue weighted by atomic mass is 10.0. The minimum atomic E-state index is -1.01. The third-order valence-corrected chi connectivity index (χ3v) is 4.42. The summed E-state index contributed by atoms with van der Waals surface area (Å²) >= 11 is 0. The van der Waals surface area contributed by atoms with Gasteiger partial charge in [-0.2, -0.15) is 0 Å². The highest BCUT2D eigenvalue weighted by atomic mass is 16.6. The molecule has 0 spiro atoms. The summed E-state index contributed by atoms with van der Waals surface area (Å²) in [4.78, 5) is 22.4. The van der Waals surface area contributed by atoms with E-state index < -0.39 is 18.0 Å². The van der Waals surface area contributed by atoms with Gasteiger partial charge in [0, 0.05) is 13.0 Å². The van der Waals surface area contributed by atoms with Gasteiger partial charge in [0.05, 0.1) is 0 Å². The fourth-order valence-corrected chi connectivity index (χ4v) is 2.64. The molecule has 170 valence electrons. The van der Waals surface area contributed by atoms with Crippen LogP contribution in [-0.4, -0.2) is 36.4 Å². The first-order valence-electron chi connectivity index (χ1n) is 10.7. The third kappa shape index (κ3) is 17.9. The van der Waals surface area contributed by atoms with Gasteiger partial charge in [0.15, 0.2) is 0 Å². The van der Waals surface area contributed by atoms with E-state index in [4.69, 9.17) is 4.74 Å². The van der Waals surface area contributed by atoms with Crippen molar-refractivity contribution in [3.8, 4) is 0 Å². The van der Waals surface area contributed by atoms with Gasteiger partial charge in [-0.3, -0.25) is 4.79 Å². The van der Waals surface area contributed by atoms with Crippen LogP contribution in [0.5, 0.6) is 0 Å². The molecule has 0 aliphatic rings. The SMILES string of the molecule is CC(=O)OCC(O)COC(=O)C=C(C)CCC=C(C)CCC=C(C)CCC=C(C)C. The minimum absolute atomic E-state index is 0.181. The Kier molecular flexibility index (Phi) is 15.4. The molecule has 0 amide bonds. The molecule has 0 aliphatic carbocycles. The maximum atomic E-state index is 11.8. The van der Waals surface area contributed by atoms with Crippen LogP contribution in [0.4, 0.5) is 0 Å². The molecule has 0 radical (unpaired) electrons. The second-order valence-electron chi connectivity index (χ2n) is 8.08. The standard InChI is InChI=1S/C25H40O5/c1-19(2)10-7-11-20(3)12-8-13-21(4)14-9-15-22(5)16-25(28)30-18-24(27)17-29-23(6)26/h10,12,14,16,24,27H,7-9,11,13,15,17-18H2,1-6H3. The van der Waals surface area contributed by atoms with Gasteiger partial charge in [-0.1, -0.05) is 40.5 Å². The molecule has 1 N–H and O–H groups in total. The van der Waals surface area contributed by atoms with E-state index >= 15 is 0 Å². The van der Waals surface area contributed by atoms with Gasteiger partial charge in [-0.15, -0.1) is 0 Å². The normalized spacial score (nSPS) is 13.6. The van der Waals surface area contributed by atoms with Gasteiger partial charge >= 0.3 is 11.9 Å². The lowest BCUT2D eigenvalue weighted by molar-refractivity contribution is -0.148. The average Bonchev–Trinajstić information content (AvgIpc) is 2.64. The van der Waals surface area contributed by atoms with Crippen molar-refractivity contribution in [3.05, 3.63) is 46.6 Å². The predicted octanol–water partition coefficient (Wildman–Crippen LogP) is 5.60. The molecule has 0 aliphatic heterocycles. The van der Waals surface area contributed by atoms with Crippen molar-refractivity contribution in [2.75, 3.05) is 13.2 Å². The van der Waals surface area contributed by atoms with E-state index in [1.54, 1.807) is 0 Å². The Morgan fingerprint density at radius 1 is 0.733 bits per heavy atom. The van der Waals surface area contributed by atoms with Crippen LogP contribution in [0, 0.1) is 0 Å². The molecule has 5 nitrogen and oxygen atoms in total. The zero-order chi connectivity index (χ0) is 22.9. The molecule has 1 atom stereocenters. The van der Waals surface area contributed by atoms with Gasteiger partial charge in [-0.05, 0) is 73.1 Å². The molecule has 30 heavy (non-hydrogen) atoms. The number of aliphatic hydroxyl groups excluding tert-OH is 1. The lowest BCUT2D eigenvalue weighted by Crippen LogP contribution is -2.24. The zero-order valence-corrected chi connectivity index (χ0v) is 19.6. The highest BCUT2D eigenvalue weighted by molar-refractivity contribution is 5.82. The van der Waals surface area contributed by atoms with E-state index in [0.717, 1.165) is 44.1 Å². The van der Waals surface area contributed by atoms with Crippen molar-refractivity contribution in [2.24, 2.45) is 0 Å². The second-order valence-corrected chi connectivity index (χ2v) is 8.08. The quantitative estimate of drug-likeness (QED) is 0.225. The Morgan fingerprint density at radius 2 is 1.20 bits per heavy atom. The third-order valence-electron chi connectivity index (χ3n) is 4.42. The van der Waals surface area contributed by atoms with E-state index in [1.807, 2.05) is 6.92 Å². The molecule has 0 bridgehead atoms. The Hall–Kier alpha value is -2.14. The average molecular weight is 421 g/mol. The maximum Gasteiger partial charge on any atom is 0.330 e. The molecule has 0 saturated heterocycles. The van der Waals surface area contributed by atoms with Crippen molar-refractivity contribution in [1.82, 2.24) is 0 Å². The fraction of sp³-hybridized carbons (Fsp3) is 0.600. The number of aliphatic hydroxyl groups is 1. The highest BCUT2D eigenvalue weighted by Crippen LogP contribution is 2.13. The first kappa shape index (κ1) is 27.9. The van der Waals surface area contributed by atoms with Crippen LogP contribution >= 0.6 is 0 Å². The fourth-order valence-electron chi connectivity index (χ4n) is 2.64. The second kappa shape index (κ2) is 16.6. The lowest BCUT2D eigenvalue weighted by Gasteiger charge is -2.10. The van der Waals surface area contributed by atoms with Crippen LogP contribution < -0.4 is 0 Å². The summed E-state index contributed by atoms with van der Waals surface area (Å²) in [5.74, 6) is -0.978. The topological polar surface area (TPSA) is 72.8 Å². The number of carbonyl (C=O) groups excluding carboxylic acids is 2. The molecular formula is C25H40O5. The van der Waals surface area contributed by atoms with E-state index in [2.05, 4.69) is 50.7 Å². The minimum Gasteiger partial charge on any atom is -0.463 e. The van der Waals surface area contributed by atoms with E-state index in [-0.39, 0.29) is 13.2 Å². The van der Waals surface area contributed by atoms with E-state index in [0.29, 0.717) is 0 Å². The molecule has 0 fully saturated rings. The smallest absolute Gasteiger partial charge is 0.330 e. The molecule has 5 heteroatoms. The van der Waals surface area contributed by atoms with Gasteiger partial charge in [0.1, 0.15) is 19.3 Å². The summed E-state index contributed by atoms with van der Waals surface area (Å²) in [6.45, 7) is 11.4. The highest BCUT2D eigenvalue weighted by Gasteiger charge is 2.09. The van der Waals surface area contributed by atoms with Crippen molar-refractivity contribution < 1.29 is 24.2 Å². The van der Waals surface area contributed by atoms with Crippen LogP contribution in [0.1, 0.15) is 80.1 Å². The number of hydrogen-bond acceptors (Lipinski definition) is 5. The summed E-state index contributed by atoms with van der Waals surface area (Å²) in [5.41, 5.74) is 5.09. The Bertz CT molecular complexity index is 648. The first-order chi connectivity index (χ1) is 14.1. The summed E-state index contributed by atoms with van der Waals surface area (Å²) in [5, 5.41) is 9.56. The number of allylic oxidation sites excluding steroid dienone is 7. The first-order valence-corrected chi connectivity index (χ1v) is 10.7. The summed E-state index contributed by atoms with van der Waals surface area (Å²) in [6, 6.07) is 0. The zero-order valence-electron chi connectivity index (χ0n) is 19.6. The number of ether oxygens (including phenoxy) is 2. The summed E-state index contributed by atoms with van der Waals surface area (Å²) in [6.07, 6.45) is 13.2. The van der Waals surface area contributed by atoms with E-state index in [1.165, 1.54) is 29.7 Å². The molecule has 0 aromatic rings. The van der Waals surface area contributed by atoms with Crippen molar-refractivity contribution in [3.63, 3.8) is 0 Å². The van der Waals surface area contributed by atoms with Gasteiger partial charge < -0.3 is 14.6 Å². The predicted molar refractivity (Wildman–Crippen MR) is 122 cm³/mol. The summed E-state index contributed by atoms with van der Waals surface area (Å²) in [7, 11) is 0. The largest absolute Gasteiger partial charge is 0.463 e. The van der Waals surface area contributed by atoms with E-state index in [9.17, 15) is 14.7 Å². The van der Waals surface area contributed by atoms with Crippen molar-refractivity contribution in [2.45, 2.75) is 86.2 Å². The Morgan fingerprint density at radius 3 is 1.70 bits per heavy atom. The van der Waals surface area contributed by atoms with Crippen LogP contribution in [0.2, 0.25) is 0 Å². The molecule has 0 heterocycles. The van der Waals surface area contributed by atoms with Crippen molar-refractivity contribution in [1.29, 1.82) is 0 Å². The Labute approximate surface area is 182 Å². The molecule has 0 rings (SSSR count). The van der Waals surface area contributed by atoms with Gasteiger partial charge in [-0.25, -0.2) is 4.79 Å². The molecular weight excluding hydrogens is 380 g/mol. The maximum absolute atomic E-state index is 11.8. The Balaban J connectivity index is 4.14. The van der Waals surface area contributed by atoms with Crippen LogP contribution in [-0.2, 0) is 19.1 Å². The van der Waals surface area contributed by atoms with Crippen LogP contribution in [0.15, 0.2) is 46.6 Å². The number of hydrogen-bond donors (Lipinski definition) is 1. The van der Waals surface area contributed by atoms with Gasteiger partial charge in [0.2, 0.25) is 0 Å².